The number of ether oxygens (including phenoxy) is 1. The van der Waals surface area contributed by atoms with Crippen LogP contribution in [-0.2, 0) is 19.4 Å². The van der Waals surface area contributed by atoms with Crippen LogP contribution in [0.2, 0.25) is 0 Å². The number of carbonyl (C=O) groups is 1. The van der Waals surface area contributed by atoms with E-state index < -0.39 is 26.8 Å². The van der Waals surface area contributed by atoms with Gasteiger partial charge in [-0.3, -0.25) is 4.79 Å². The van der Waals surface area contributed by atoms with E-state index in [9.17, 15) is 18.3 Å². The van der Waals surface area contributed by atoms with Crippen molar-refractivity contribution >= 4 is 15.6 Å². The summed E-state index contributed by atoms with van der Waals surface area (Å²) in [6.07, 6.45) is 6.75. The van der Waals surface area contributed by atoms with Gasteiger partial charge in [-0.1, -0.05) is 13.8 Å². The van der Waals surface area contributed by atoms with Crippen LogP contribution in [-0.4, -0.2) is 48.6 Å². The lowest BCUT2D eigenvalue weighted by Crippen LogP contribution is -2.61. The standard InChI is InChI=1S/C20H30O5S/c1-18-8-7-13-11(12(18)4-5-15(18)21)6-9-20-17(25-20)16(22)14(26(3,23)24)10-19(13,20)2/h11-15,17,21H,4-10H2,1-3H3/t11-,12-,13-,14-,15-,17+,18-,19+,20+/m0/s1. The van der Waals surface area contributed by atoms with E-state index in [2.05, 4.69) is 13.8 Å². The molecule has 5 rings (SSSR count). The lowest BCUT2D eigenvalue weighted by molar-refractivity contribution is -0.133. The molecule has 6 heteroatoms. The zero-order chi connectivity index (χ0) is 18.7. The van der Waals surface area contributed by atoms with E-state index in [1.54, 1.807) is 0 Å². The third-order valence-corrected chi connectivity index (χ3v) is 10.9. The Hall–Kier alpha value is -0.460. The fourth-order valence-electron chi connectivity index (χ4n) is 7.86. The third kappa shape index (κ3) is 1.89. The molecular formula is C20H30O5S. The minimum atomic E-state index is -3.42. The van der Waals surface area contributed by atoms with Crippen LogP contribution in [0.15, 0.2) is 0 Å². The number of Topliss-reactive ketones (excluding diaryl/α,β-unsaturated/α-hetero) is 1. The van der Waals surface area contributed by atoms with Gasteiger partial charge in [0.1, 0.15) is 17.0 Å². The van der Waals surface area contributed by atoms with Gasteiger partial charge in [-0.25, -0.2) is 8.42 Å². The van der Waals surface area contributed by atoms with Crippen molar-refractivity contribution in [1.29, 1.82) is 0 Å². The lowest BCUT2D eigenvalue weighted by atomic mass is 9.45. The molecule has 0 aromatic rings. The first kappa shape index (κ1) is 17.6. The molecule has 26 heavy (non-hydrogen) atoms. The molecule has 1 saturated heterocycles. The van der Waals surface area contributed by atoms with Crippen LogP contribution in [0.4, 0.5) is 0 Å². The van der Waals surface area contributed by atoms with Gasteiger partial charge in [0.15, 0.2) is 15.6 Å². The Balaban J connectivity index is 1.54. The summed E-state index contributed by atoms with van der Waals surface area (Å²) >= 11 is 0. The van der Waals surface area contributed by atoms with Gasteiger partial charge in [0.05, 0.1) is 6.10 Å². The van der Waals surface area contributed by atoms with E-state index in [0.29, 0.717) is 24.2 Å². The lowest BCUT2D eigenvalue weighted by Gasteiger charge is -2.59. The average Bonchev–Trinajstić information content (AvgIpc) is 3.23. The average molecular weight is 383 g/mol. The molecule has 5 nitrogen and oxygen atoms in total. The predicted octanol–water partition coefficient (Wildman–Crippen LogP) is 2.11. The molecule has 1 aliphatic heterocycles. The highest BCUT2D eigenvalue weighted by Gasteiger charge is 2.78. The summed E-state index contributed by atoms with van der Waals surface area (Å²) < 4.78 is 30.7. The summed E-state index contributed by atoms with van der Waals surface area (Å²) in [6.45, 7) is 4.45. The number of carbonyl (C=O) groups excluding carboxylic acids is 1. The fourth-order valence-corrected chi connectivity index (χ4v) is 9.06. The highest BCUT2D eigenvalue weighted by Crippen LogP contribution is 2.72. The Kier molecular flexibility index (Phi) is 3.34. The maximum atomic E-state index is 12.7. The highest BCUT2D eigenvalue weighted by atomic mass is 32.2. The Bertz CT molecular complexity index is 777. The Morgan fingerprint density at radius 2 is 1.81 bits per heavy atom. The van der Waals surface area contributed by atoms with Crippen LogP contribution in [0.5, 0.6) is 0 Å². The summed E-state index contributed by atoms with van der Waals surface area (Å²) in [5, 5.41) is 9.66. The summed E-state index contributed by atoms with van der Waals surface area (Å²) in [5.74, 6) is 1.21. The Morgan fingerprint density at radius 1 is 1.08 bits per heavy atom. The van der Waals surface area contributed by atoms with Crippen LogP contribution >= 0.6 is 0 Å². The molecule has 4 saturated carbocycles. The number of hydrogen-bond acceptors (Lipinski definition) is 5. The smallest absolute Gasteiger partial charge is 0.182 e. The van der Waals surface area contributed by atoms with E-state index in [1.165, 1.54) is 6.26 Å². The monoisotopic (exact) mass is 382 g/mol. The van der Waals surface area contributed by atoms with Gasteiger partial charge in [0.2, 0.25) is 0 Å². The number of ketones is 1. The number of epoxide rings is 1. The van der Waals surface area contributed by atoms with Gasteiger partial charge in [-0.2, -0.15) is 0 Å². The third-order valence-electron chi connectivity index (χ3n) is 9.42. The molecule has 0 amide bonds. The SMILES string of the molecule is C[C@]12CC[C@H]3[C@@H](CC[C@@]45O[C@@H]4C(=O)[C@@H](S(C)(=O)=O)C[C@]35C)[C@@H]1CC[C@@H]2O. The van der Waals surface area contributed by atoms with Gasteiger partial charge >= 0.3 is 0 Å². The molecule has 0 unspecified atom stereocenters. The fraction of sp³-hybridized carbons (Fsp3) is 0.950. The zero-order valence-electron chi connectivity index (χ0n) is 15.9. The molecule has 1 heterocycles. The molecule has 0 aromatic heterocycles. The number of aliphatic hydroxyl groups excluding tert-OH is 1. The molecule has 4 aliphatic carbocycles. The van der Waals surface area contributed by atoms with Crippen LogP contribution in [0.25, 0.3) is 0 Å². The molecular weight excluding hydrogens is 352 g/mol. The molecule has 146 valence electrons. The summed E-state index contributed by atoms with van der Waals surface area (Å²) in [4.78, 5) is 12.7. The van der Waals surface area contributed by atoms with Crippen LogP contribution in [0, 0.1) is 28.6 Å². The van der Waals surface area contributed by atoms with Crippen molar-refractivity contribution in [2.45, 2.75) is 81.9 Å². The minimum Gasteiger partial charge on any atom is -0.393 e. The maximum Gasteiger partial charge on any atom is 0.182 e. The van der Waals surface area contributed by atoms with Crippen molar-refractivity contribution in [2.24, 2.45) is 28.6 Å². The quantitative estimate of drug-likeness (QED) is 0.702. The molecule has 5 aliphatic rings. The maximum absolute atomic E-state index is 12.7. The molecule has 5 fully saturated rings. The van der Waals surface area contributed by atoms with E-state index in [1.807, 2.05) is 0 Å². The number of rotatable bonds is 1. The number of sulfone groups is 1. The second-order valence-corrected chi connectivity index (χ2v) is 12.5. The van der Waals surface area contributed by atoms with Crippen molar-refractivity contribution in [3.63, 3.8) is 0 Å². The number of aliphatic hydroxyl groups is 1. The predicted molar refractivity (Wildman–Crippen MR) is 96.3 cm³/mol. The number of hydrogen-bond donors (Lipinski definition) is 1. The Morgan fingerprint density at radius 3 is 2.50 bits per heavy atom. The van der Waals surface area contributed by atoms with Gasteiger partial charge in [0, 0.05) is 11.7 Å². The number of fused-ring (bicyclic) bond motifs is 4. The molecule has 1 spiro atoms. The van der Waals surface area contributed by atoms with Gasteiger partial charge in [-0.15, -0.1) is 0 Å². The van der Waals surface area contributed by atoms with Crippen LogP contribution in [0.3, 0.4) is 0 Å². The molecule has 0 bridgehead atoms. The second kappa shape index (κ2) is 4.93. The van der Waals surface area contributed by atoms with Crippen molar-refractivity contribution < 1.29 is 23.1 Å². The van der Waals surface area contributed by atoms with Crippen molar-refractivity contribution in [2.75, 3.05) is 6.26 Å². The molecule has 0 aromatic carbocycles. The first-order chi connectivity index (χ1) is 12.0. The normalized spacial score (nSPS) is 58.4. The topological polar surface area (TPSA) is 84.0 Å². The summed E-state index contributed by atoms with van der Waals surface area (Å²) in [5.41, 5.74) is -0.666. The van der Waals surface area contributed by atoms with Crippen LogP contribution < -0.4 is 0 Å². The van der Waals surface area contributed by atoms with E-state index in [4.69, 9.17) is 4.74 Å². The Labute approximate surface area is 155 Å². The van der Waals surface area contributed by atoms with Crippen molar-refractivity contribution in [1.82, 2.24) is 0 Å². The zero-order valence-corrected chi connectivity index (χ0v) is 16.7. The van der Waals surface area contributed by atoms with Crippen LogP contribution in [0.1, 0.15) is 58.8 Å². The van der Waals surface area contributed by atoms with Gasteiger partial charge in [0.25, 0.3) is 0 Å². The van der Waals surface area contributed by atoms with E-state index in [-0.39, 0.29) is 22.7 Å². The minimum absolute atomic E-state index is 0.00651. The first-order valence-electron chi connectivity index (χ1n) is 10.1. The van der Waals surface area contributed by atoms with Crippen molar-refractivity contribution in [3.8, 4) is 0 Å². The van der Waals surface area contributed by atoms with Gasteiger partial charge < -0.3 is 9.84 Å². The summed E-state index contributed by atoms with van der Waals surface area (Å²) in [7, 11) is -3.42. The van der Waals surface area contributed by atoms with Gasteiger partial charge in [-0.05, 0) is 68.1 Å². The molecule has 0 radical (unpaired) electrons. The highest BCUT2D eigenvalue weighted by molar-refractivity contribution is 7.92. The molecule has 1 N–H and O–H groups in total. The second-order valence-electron chi connectivity index (χ2n) is 10.3. The van der Waals surface area contributed by atoms with Crippen molar-refractivity contribution in [3.05, 3.63) is 0 Å². The molecule has 9 atom stereocenters. The summed E-state index contributed by atoms with van der Waals surface area (Å²) in [6, 6.07) is 0. The largest absolute Gasteiger partial charge is 0.393 e. The first-order valence-corrected chi connectivity index (χ1v) is 12.1. The van der Waals surface area contributed by atoms with E-state index >= 15 is 0 Å². The van der Waals surface area contributed by atoms with E-state index in [0.717, 1.165) is 38.5 Å².